The van der Waals surface area contributed by atoms with Gasteiger partial charge in [0.05, 0.1) is 12.0 Å². The van der Waals surface area contributed by atoms with Crippen molar-refractivity contribution in [3.05, 3.63) is 34.6 Å². The van der Waals surface area contributed by atoms with E-state index in [4.69, 9.17) is 16.3 Å². The SMILES string of the molecule is COCCC(C)(O)CNC(=O)Cc1c(F)cccc1Cl. The summed E-state index contributed by atoms with van der Waals surface area (Å²) in [6.07, 6.45) is 0.232. The van der Waals surface area contributed by atoms with Crippen molar-refractivity contribution in [3.63, 3.8) is 0 Å². The number of hydrogen-bond acceptors (Lipinski definition) is 3. The minimum Gasteiger partial charge on any atom is -0.388 e. The smallest absolute Gasteiger partial charge is 0.224 e. The summed E-state index contributed by atoms with van der Waals surface area (Å²) >= 11 is 5.85. The predicted molar refractivity (Wildman–Crippen MR) is 75.2 cm³/mol. The molecule has 0 radical (unpaired) electrons. The Balaban J connectivity index is 2.52. The molecule has 0 aliphatic heterocycles. The zero-order chi connectivity index (χ0) is 15.2. The molecule has 4 nitrogen and oxygen atoms in total. The van der Waals surface area contributed by atoms with Gasteiger partial charge in [0.2, 0.25) is 5.91 Å². The van der Waals surface area contributed by atoms with E-state index >= 15 is 0 Å². The first kappa shape index (κ1) is 16.9. The molecule has 0 bridgehead atoms. The monoisotopic (exact) mass is 303 g/mol. The zero-order valence-corrected chi connectivity index (χ0v) is 12.3. The van der Waals surface area contributed by atoms with Crippen LogP contribution < -0.4 is 5.32 Å². The lowest BCUT2D eigenvalue weighted by Crippen LogP contribution is -2.42. The van der Waals surface area contributed by atoms with Crippen LogP contribution in [0.3, 0.4) is 0 Å². The minimum absolute atomic E-state index is 0.0707. The molecule has 0 saturated carbocycles. The Morgan fingerprint density at radius 2 is 2.25 bits per heavy atom. The van der Waals surface area contributed by atoms with Crippen LogP contribution in [0, 0.1) is 5.82 Å². The van der Waals surface area contributed by atoms with Crippen molar-refractivity contribution in [1.82, 2.24) is 5.32 Å². The van der Waals surface area contributed by atoms with Crippen LogP contribution in [0.1, 0.15) is 18.9 Å². The summed E-state index contributed by atoms with van der Waals surface area (Å²) < 4.78 is 18.4. The third-order valence-electron chi connectivity index (χ3n) is 2.91. The predicted octanol–water partition coefficient (Wildman–Crippen LogP) is 1.93. The number of rotatable bonds is 7. The van der Waals surface area contributed by atoms with Gasteiger partial charge in [-0.05, 0) is 19.1 Å². The normalized spacial score (nSPS) is 13.8. The maximum absolute atomic E-state index is 13.5. The van der Waals surface area contributed by atoms with Crippen LogP contribution in [0.15, 0.2) is 18.2 Å². The number of methoxy groups -OCH3 is 1. The number of halogens is 2. The van der Waals surface area contributed by atoms with Crippen LogP contribution in [0.25, 0.3) is 0 Å². The van der Waals surface area contributed by atoms with Crippen molar-refractivity contribution in [1.29, 1.82) is 0 Å². The minimum atomic E-state index is -1.06. The fraction of sp³-hybridized carbons (Fsp3) is 0.500. The van der Waals surface area contributed by atoms with Gasteiger partial charge < -0.3 is 15.2 Å². The molecular weight excluding hydrogens is 285 g/mol. The van der Waals surface area contributed by atoms with Gasteiger partial charge in [-0.15, -0.1) is 0 Å². The van der Waals surface area contributed by atoms with E-state index in [2.05, 4.69) is 5.32 Å². The summed E-state index contributed by atoms with van der Waals surface area (Å²) in [5.41, 5.74) is -0.909. The summed E-state index contributed by atoms with van der Waals surface area (Å²) in [5, 5.41) is 12.8. The molecule has 0 spiro atoms. The lowest BCUT2D eigenvalue weighted by Gasteiger charge is -2.23. The quantitative estimate of drug-likeness (QED) is 0.809. The van der Waals surface area contributed by atoms with Gasteiger partial charge in [-0.1, -0.05) is 17.7 Å². The van der Waals surface area contributed by atoms with Crippen LogP contribution in [-0.2, 0) is 16.0 Å². The first-order valence-corrected chi connectivity index (χ1v) is 6.64. The van der Waals surface area contributed by atoms with Gasteiger partial charge in [-0.3, -0.25) is 4.79 Å². The molecule has 1 aromatic carbocycles. The average Bonchev–Trinajstić information content (AvgIpc) is 2.39. The van der Waals surface area contributed by atoms with Gasteiger partial charge in [0.25, 0.3) is 0 Å². The number of nitrogens with one attached hydrogen (secondary N) is 1. The first-order chi connectivity index (χ1) is 9.35. The van der Waals surface area contributed by atoms with Crippen molar-refractivity contribution in [2.24, 2.45) is 0 Å². The fourth-order valence-corrected chi connectivity index (χ4v) is 1.85. The Morgan fingerprint density at radius 1 is 1.55 bits per heavy atom. The molecule has 1 unspecified atom stereocenters. The van der Waals surface area contributed by atoms with E-state index in [0.29, 0.717) is 13.0 Å². The van der Waals surface area contributed by atoms with Crippen LogP contribution in [0.2, 0.25) is 5.02 Å². The van der Waals surface area contributed by atoms with Gasteiger partial charge in [0, 0.05) is 37.3 Å². The van der Waals surface area contributed by atoms with E-state index in [1.807, 2.05) is 0 Å². The van der Waals surface area contributed by atoms with E-state index in [1.165, 1.54) is 25.3 Å². The second-order valence-electron chi connectivity index (χ2n) is 4.89. The lowest BCUT2D eigenvalue weighted by atomic mass is 10.0. The largest absolute Gasteiger partial charge is 0.388 e. The Bertz CT molecular complexity index is 445. The Morgan fingerprint density at radius 3 is 2.85 bits per heavy atom. The standard InChI is InChI=1S/C14H19ClFNO3/c1-14(19,6-7-20-2)9-17-13(18)8-10-11(15)4-3-5-12(10)16/h3-5,19H,6-9H2,1-2H3,(H,17,18). The molecule has 0 aliphatic carbocycles. The van der Waals surface area contributed by atoms with Crippen molar-refractivity contribution >= 4 is 17.5 Å². The zero-order valence-electron chi connectivity index (χ0n) is 11.6. The molecule has 1 atom stereocenters. The van der Waals surface area contributed by atoms with Gasteiger partial charge in [0.15, 0.2) is 0 Å². The Kier molecular flexibility index (Phi) is 6.39. The average molecular weight is 304 g/mol. The Labute approximate surface area is 122 Å². The number of aliphatic hydroxyl groups is 1. The second-order valence-corrected chi connectivity index (χ2v) is 5.30. The maximum atomic E-state index is 13.5. The van der Waals surface area contributed by atoms with Crippen molar-refractivity contribution < 1.29 is 19.0 Å². The van der Waals surface area contributed by atoms with Gasteiger partial charge in [-0.2, -0.15) is 0 Å². The number of carbonyl (C=O) groups excluding carboxylic acids is 1. The molecule has 1 amide bonds. The first-order valence-electron chi connectivity index (χ1n) is 6.26. The highest BCUT2D eigenvalue weighted by Gasteiger charge is 2.21. The van der Waals surface area contributed by atoms with E-state index in [1.54, 1.807) is 6.92 Å². The van der Waals surface area contributed by atoms with Gasteiger partial charge in [-0.25, -0.2) is 4.39 Å². The Hall–Kier alpha value is -1.17. The number of hydrogen-bond donors (Lipinski definition) is 2. The van der Waals surface area contributed by atoms with E-state index < -0.39 is 17.3 Å². The van der Waals surface area contributed by atoms with Crippen molar-refractivity contribution in [3.8, 4) is 0 Å². The molecule has 1 rings (SSSR count). The van der Waals surface area contributed by atoms with Crippen LogP contribution in [-0.4, -0.2) is 36.9 Å². The highest BCUT2D eigenvalue weighted by molar-refractivity contribution is 6.31. The summed E-state index contributed by atoms with van der Waals surface area (Å²) in [6, 6.07) is 4.26. The summed E-state index contributed by atoms with van der Waals surface area (Å²) in [4.78, 5) is 11.8. The molecule has 0 aromatic heterocycles. The molecule has 6 heteroatoms. The molecular formula is C14H19ClFNO3. The van der Waals surface area contributed by atoms with Gasteiger partial charge in [0.1, 0.15) is 5.82 Å². The van der Waals surface area contributed by atoms with Crippen LogP contribution >= 0.6 is 11.6 Å². The molecule has 1 aromatic rings. The summed E-state index contributed by atoms with van der Waals surface area (Å²) in [6.45, 7) is 2.06. The van der Waals surface area contributed by atoms with Crippen molar-refractivity contribution in [2.75, 3.05) is 20.3 Å². The highest BCUT2D eigenvalue weighted by atomic mass is 35.5. The summed E-state index contributed by atoms with van der Waals surface area (Å²) in [7, 11) is 1.54. The molecule has 0 heterocycles. The van der Waals surface area contributed by atoms with Gasteiger partial charge >= 0.3 is 0 Å². The maximum Gasteiger partial charge on any atom is 0.224 e. The second kappa shape index (κ2) is 7.57. The third kappa shape index (κ3) is 5.45. The molecule has 0 saturated heterocycles. The molecule has 20 heavy (non-hydrogen) atoms. The number of benzene rings is 1. The van der Waals surface area contributed by atoms with E-state index in [9.17, 15) is 14.3 Å². The van der Waals surface area contributed by atoms with Crippen molar-refractivity contribution in [2.45, 2.75) is 25.4 Å². The fourth-order valence-electron chi connectivity index (χ4n) is 1.62. The molecule has 2 N–H and O–H groups in total. The lowest BCUT2D eigenvalue weighted by molar-refractivity contribution is -0.121. The topological polar surface area (TPSA) is 58.6 Å². The van der Waals surface area contributed by atoms with E-state index in [-0.39, 0.29) is 23.6 Å². The number of amides is 1. The van der Waals surface area contributed by atoms with Crippen LogP contribution in [0.5, 0.6) is 0 Å². The molecule has 0 fully saturated rings. The molecule has 112 valence electrons. The van der Waals surface area contributed by atoms with Crippen LogP contribution in [0.4, 0.5) is 4.39 Å². The molecule has 0 aliphatic rings. The highest BCUT2D eigenvalue weighted by Crippen LogP contribution is 2.19. The number of carbonyl (C=O) groups is 1. The van der Waals surface area contributed by atoms with E-state index in [0.717, 1.165) is 0 Å². The number of ether oxygens (including phenoxy) is 1. The third-order valence-corrected chi connectivity index (χ3v) is 3.26. The summed E-state index contributed by atoms with van der Waals surface area (Å²) in [5.74, 6) is -0.909.